The zero-order valence-electron chi connectivity index (χ0n) is 15.5. The van der Waals surface area contributed by atoms with E-state index in [2.05, 4.69) is 10.2 Å². The van der Waals surface area contributed by atoms with Crippen molar-refractivity contribution >= 4 is 5.91 Å². The summed E-state index contributed by atoms with van der Waals surface area (Å²) in [6, 6.07) is 3.27. The van der Waals surface area contributed by atoms with Crippen molar-refractivity contribution in [2.75, 3.05) is 19.7 Å². The van der Waals surface area contributed by atoms with Crippen molar-refractivity contribution in [1.82, 2.24) is 24.5 Å². The predicted molar refractivity (Wildman–Crippen MR) is 96.4 cm³/mol. The summed E-state index contributed by atoms with van der Waals surface area (Å²) in [6.45, 7) is 1.15. The monoisotopic (exact) mass is 387 g/mol. The van der Waals surface area contributed by atoms with Gasteiger partial charge in [0.2, 0.25) is 0 Å². The molecule has 0 aliphatic carbocycles. The Morgan fingerprint density at radius 2 is 2.04 bits per heavy atom. The van der Waals surface area contributed by atoms with Gasteiger partial charge in [0, 0.05) is 44.0 Å². The highest BCUT2D eigenvalue weighted by Gasteiger charge is 2.30. The van der Waals surface area contributed by atoms with Crippen molar-refractivity contribution in [3.8, 4) is 11.3 Å². The van der Waals surface area contributed by atoms with E-state index < -0.39 is 11.6 Å². The first-order valence-corrected chi connectivity index (χ1v) is 8.81. The van der Waals surface area contributed by atoms with E-state index in [1.165, 1.54) is 16.9 Å². The molecule has 1 aromatic carbocycles. The molecular formula is C19H19F2N5O2. The van der Waals surface area contributed by atoms with Gasteiger partial charge in [-0.25, -0.2) is 8.78 Å². The highest BCUT2D eigenvalue weighted by molar-refractivity contribution is 6.00. The minimum absolute atomic E-state index is 0.127. The fourth-order valence-corrected chi connectivity index (χ4v) is 3.41. The third-order valence-corrected chi connectivity index (χ3v) is 4.81. The van der Waals surface area contributed by atoms with Crippen LogP contribution in [0.1, 0.15) is 22.0 Å². The number of aromatic nitrogens is 4. The van der Waals surface area contributed by atoms with Gasteiger partial charge in [-0.15, -0.1) is 0 Å². The number of ether oxygens (including phenoxy) is 1. The average molecular weight is 387 g/mol. The van der Waals surface area contributed by atoms with E-state index in [0.29, 0.717) is 25.4 Å². The van der Waals surface area contributed by atoms with E-state index in [-0.39, 0.29) is 23.1 Å². The molecule has 1 unspecified atom stereocenters. The lowest BCUT2D eigenvalue weighted by Gasteiger charge is -2.32. The third-order valence-electron chi connectivity index (χ3n) is 4.81. The van der Waals surface area contributed by atoms with E-state index in [4.69, 9.17) is 4.74 Å². The Balaban J connectivity index is 1.63. The molecule has 3 aromatic rings. The van der Waals surface area contributed by atoms with Crippen LogP contribution >= 0.6 is 0 Å². The summed E-state index contributed by atoms with van der Waals surface area (Å²) < 4.78 is 36.5. The average Bonchev–Trinajstić information content (AvgIpc) is 3.27. The van der Waals surface area contributed by atoms with Crippen molar-refractivity contribution in [2.24, 2.45) is 14.1 Å². The zero-order chi connectivity index (χ0) is 19.8. The summed E-state index contributed by atoms with van der Waals surface area (Å²) >= 11 is 0. The zero-order valence-corrected chi connectivity index (χ0v) is 15.5. The van der Waals surface area contributed by atoms with Gasteiger partial charge in [0.05, 0.1) is 36.8 Å². The lowest BCUT2D eigenvalue weighted by molar-refractivity contribution is -0.0228. The van der Waals surface area contributed by atoms with Crippen LogP contribution < -0.4 is 0 Å². The van der Waals surface area contributed by atoms with Crippen LogP contribution in [0.15, 0.2) is 36.8 Å². The molecule has 1 fully saturated rings. The molecule has 0 bridgehead atoms. The lowest BCUT2D eigenvalue weighted by atomic mass is 10.1. The molecule has 7 nitrogen and oxygen atoms in total. The van der Waals surface area contributed by atoms with E-state index in [0.717, 1.165) is 17.7 Å². The molecular weight excluding hydrogens is 368 g/mol. The molecule has 1 atom stereocenters. The molecule has 28 heavy (non-hydrogen) atoms. The van der Waals surface area contributed by atoms with Gasteiger partial charge in [0.15, 0.2) is 0 Å². The molecule has 3 heterocycles. The van der Waals surface area contributed by atoms with Gasteiger partial charge in [-0.1, -0.05) is 0 Å². The first-order chi connectivity index (χ1) is 13.4. The standard InChI is InChI=1S/C19H19F2N5O2/c1-24-10-12(8-22-24)17-11-26(5-6-28-17)19(27)15-9-23-25(2)18(15)14-4-3-13(20)7-16(14)21/h3-4,7-10,17H,5-6,11H2,1-2H3. The maximum Gasteiger partial charge on any atom is 0.257 e. The van der Waals surface area contributed by atoms with Crippen LogP contribution in [0.4, 0.5) is 8.78 Å². The summed E-state index contributed by atoms with van der Waals surface area (Å²) in [5.41, 5.74) is 1.59. The SMILES string of the molecule is Cn1cc(C2CN(C(=O)c3cnn(C)c3-c3ccc(F)cc3F)CCO2)cn1. The largest absolute Gasteiger partial charge is 0.370 e. The summed E-state index contributed by atoms with van der Waals surface area (Å²) in [4.78, 5) is 14.8. The minimum Gasteiger partial charge on any atom is -0.370 e. The number of aryl methyl sites for hydroxylation is 2. The Morgan fingerprint density at radius 1 is 1.21 bits per heavy atom. The number of morpholine rings is 1. The summed E-state index contributed by atoms with van der Waals surface area (Å²) in [6.07, 6.45) is 4.69. The van der Waals surface area contributed by atoms with Crippen LogP contribution in [-0.4, -0.2) is 50.1 Å². The van der Waals surface area contributed by atoms with Gasteiger partial charge in [-0.3, -0.25) is 14.2 Å². The molecule has 1 aliphatic rings. The van der Waals surface area contributed by atoms with Gasteiger partial charge in [-0.2, -0.15) is 10.2 Å². The van der Waals surface area contributed by atoms with Crippen molar-refractivity contribution < 1.29 is 18.3 Å². The van der Waals surface area contributed by atoms with Gasteiger partial charge >= 0.3 is 0 Å². The first-order valence-electron chi connectivity index (χ1n) is 8.81. The molecule has 4 rings (SSSR count). The van der Waals surface area contributed by atoms with Gasteiger partial charge in [-0.05, 0) is 12.1 Å². The summed E-state index contributed by atoms with van der Waals surface area (Å²) in [7, 11) is 3.43. The van der Waals surface area contributed by atoms with Crippen molar-refractivity contribution in [3.63, 3.8) is 0 Å². The normalized spacial score (nSPS) is 17.1. The number of hydrogen-bond donors (Lipinski definition) is 0. The molecule has 146 valence electrons. The topological polar surface area (TPSA) is 65.2 Å². The second-order valence-electron chi connectivity index (χ2n) is 6.71. The number of nitrogens with zero attached hydrogens (tertiary/aromatic N) is 5. The Morgan fingerprint density at radius 3 is 2.75 bits per heavy atom. The van der Waals surface area contributed by atoms with Gasteiger partial charge < -0.3 is 9.64 Å². The number of carbonyl (C=O) groups excluding carboxylic acids is 1. The highest BCUT2D eigenvalue weighted by Crippen LogP contribution is 2.29. The molecule has 9 heteroatoms. The third kappa shape index (κ3) is 3.29. The maximum absolute atomic E-state index is 14.3. The van der Waals surface area contributed by atoms with Crippen LogP contribution in [0.25, 0.3) is 11.3 Å². The predicted octanol–water partition coefficient (Wildman–Crippen LogP) is 2.31. The van der Waals surface area contributed by atoms with E-state index >= 15 is 0 Å². The molecule has 1 saturated heterocycles. The highest BCUT2D eigenvalue weighted by atomic mass is 19.1. The number of carbonyl (C=O) groups is 1. The van der Waals surface area contributed by atoms with Crippen LogP contribution in [0, 0.1) is 11.6 Å². The van der Waals surface area contributed by atoms with Crippen LogP contribution in [0.5, 0.6) is 0 Å². The fraction of sp³-hybridized carbons (Fsp3) is 0.316. The molecule has 0 radical (unpaired) electrons. The Labute approximate surface area is 160 Å². The quantitative estimate of drug-likeness (QED) is 0.692. The Bertz CT molecular complexity index is 1030. The fourth-order valence-electron chi connectivity index (χ4n) is 3.41. The van der Waals surface area contributed by atoms with E-state index in [9.17, 15) is 13.6 Å². The van der Waals surface area contributed by atoms with Gasteiger partial charge in [0.1, 0.15) is 17.7 Å². The van der Waals surface area contributed by atoms with Gasteiger partial charge in [0.25, 0.3) is 5.91 Å². The Kier molecular flexibility index (Phi) is 4.68. The summed E-state index contributed by atoms with van der Waals surface area (Å²) in [5, 5.41) is 8.26. The Hall–Kier alpha value is -3.07. The molecule has 0 saturated carbocycles. The molecule has 1 aliphatic heterocycles. The lowest BCUT2D eigenvalue weighted by Crippen LogP contribution is -2.42. The van der Waals surface area contributed by atoms with Crippen molar-refractivity contribution in [3.05, 3.63) is 59.6 Å². The first kappa shape index (κ1) is 18.3. The van der Waals surface area contributed by atoms with Crippen LogP contribution in [0.2, 0.25) is 0 Å². The maximum atomic E-state index is 14.3. The molecule has 2 aromatic heterocycles. The van der Waals surface area contributed by atoms with Crippen LogP contribution in [0.3, 0.4) is 0 Å². The smallest absolute Gasteiger partial charge is 0.257 e. The number of halogens is 2. The summed E-state index contributed by atoms with van der Waals surface area (Å²) in [5.74, 6) is -1.69. The molecule has 1 amide bonds. The van der Waals surface area contributed by atoms with Crippen molar-refractivity contribution in [1.29, 1.82) is 0 Å². The number of amides is 1. The van der Waals surface area contributed by atoms with E-state index in [1.54, 1.807) is 22.8 Å². The second kappa shape index (κ2) is 7.16. The second-order valence-corrected chi connectivity index (χ2v) is 6.71. The number of benzene rings is 1. The molecule has 0 spiro atoms. The van der Waals surface area contributed by atoms with Crippen LogP contribution in [-0.2, 0) is 18.8 Å². The molecule has 0 N–H and O–H groups in total. The minimum atomic E-state index is -0.743. The van der Waals surface area contributed by atoms with E-state index in [1.807, 2.05) is 13.2 Å². The number of hydrogen-bond acceptors (Lipinski definition) is 4. The van der Waals surface area contributed by atoms with Crippen molar-refractivity contribution in [2.45, 2.75) is 6.10 Å². The number of rotatable bonds is 3.